The van der Waals surface area contributed by atoms with E-state index in [1.54, 1.807) is 0 Å². The molecule has 1 unspecified atom stereocenters. The summed E-state index contributed by atoms with van der Waals surface area (Å²) in [6, 6.07) is 0. The van der Waals surface area contributed by atoms with Crippen LogP contribution < -0.4 is 0 Å². The number of halogens is 2. The van der Waals surface area contributed by atoms with Crippen LogP contribution in [0.5, 0.6) is 0 Å². The number of unbranched alkanes of at least 4 members (excludes halogenated alkanes) is 1. The van der Waals surface area contributed by atoms with Crippen LogP contribution in [0, 0.1) is 0 Å². The molecule has 0 aliphatic carbocycles. The third kappa shape index (κ3) is 5.11. The second kappa shape index (κ2) is 5.43. The zero-order valence-electron chi connectivity index (χ0n) is 6.03. The summed E-state index contributed by atoms with van der Waals surface area (Å²) < 4.78 is 0. The van der Waals surface area contributed by atoms with E-state index < -0.39 is 0 Å². The van der Waals surface area contributed by atoms with E-state index in [9.17, 15) is 0 Å². The molecule has 9 heavy (non-hydrogen) atoms. The van der Waals surface area contributed by atoms with Crippen molar-refractivity contribution in [2.75, 3.05) is 0 Å². The summed E-state index contributed by atoms with van der Waals surface area (Å²) in [4.78, 5) is 0. The zero-order valence-corrected chi connectivity index (χ0v) is 7.54. The van der Waals surface area contributed by atoms with Crippen molar-refractivity contribution in [2.45, 2.75) is 38.9 Å². The first-order valence-electron chi connectivity index (χ1n) is 3.46. The van der Waals surface area contributed by atoms with Crippen molar-refractivity contribution >= 4 is 28.5 Å². The Balaban J connectivity index is 3.16. The van der Waals surface area contributed by atoms with Gasteiger partial charge in [-0.3, -0.25) is 0 Å². The Morgan fingerprint density at radius 2 is 2.00 bits per heavy atom. The van der Waals surface area contributed by atoms with Gasteiger partial charge in [0.15, 0.2) is 0 Å². The highest BCUT2D eigenvalue weighted by Crippen LogP contribution is 2.22. The maximum absolute atomic E-state index is 5.63. The molecule has 0 aliphatic rings. The summed E-state index contributed by atoms with van der Waals surface area (Å²) in [5, 5.41) is 0. The molecule has 0 heterocycles. The fraction of sp³-hybridized carbons (Fsp3) is 1.00. The minimum Gasteiger partial charge on any atom is -0.171 e. The van der Waals surface area contributed by atoms with Crippen molar-refractivity contribution in [3.8, 4) is 0 Å². The first-order valence-corrected chi connectivity index (χ1v) is 4.34. The van der Waals surface area contributed by atoms with Gasteiger partial charge in [-0.15, -0.1) is 0 Å². The molecular formula is C6H13BCl2. The minimum absolute atomic E-state index is 0.184. The van der Waals surface area contributed by atoms with Crippen molar-refractivity contribution in [3.05, 3.63) is 0 Å². The standard InChI is InChI=1S/C6H13BCl2/c1-3-4-5-6(2)7(8)9/h6H,3-5H2,1-2H3. The van der Waals surface area contributed by atoms with Crippen molar-refractivity contribution < 1.29 is 0 Å². The number of hydrogen-bond donors (Lipinski definition) is 0. The molecule has 0 aromatic rings. The molecule has 3 heteroatoms. The SMILES string of the molecule is CCCCC(C)B(Cl)Cl. The normalized spacial score (nSPS) is 13.3. The summed E-state index contributed by atoms with van der Waals surface area (Å²) in [5.41, 5.74) is -0.184. The van der Waals surface area contributed by atoms with Gasteiger partial charge < -0.3 is 0 Å². The molecule has 0 spiro atoms. The molecule has 0 N–H and O–H groups in total. The summed E-state index contributed by atoms with van der Waals surface area (Å²) >= 11 is 11.3. The second-order valence-corrected chi connectivity index (χ2v) is 3.62. The van der Waals surface area contributed by atoms with Gasteiger partial charge in [-0.1, -0.05) is 33.1 Å². The van der Waals surface area contributed by atoms with Gasteiger partial charge in [-0.05, 0) is 5.82 Å². The Morgan fingerprint density at radius 1 is 1.44 bits per heavy atom. The Bertz CT molecular complexity index is 66.1. The first kappa shape index (κ1) is 9.64. The highest BCUT2D eigenvalue weighted by atomic mass is 35.5. The monoisotopic (exact) mass is 166 g/mol. The van der Waals surface area contributed by atoms with E-state index in [4.69, 9.17) is 22.9 Å². The van der Waals surface area contributed by atoms with Crippen molar-refractivity contribution in [1.82, 2.24) is 0 Å². The molecule has 0 amide bonds. The lowest BCUT2D eigenvalue weighted by atomic mass is 9.82. The van der Waals surface area contributed by atoms with Crippen LogP contribution >= 0.6 is 22.9 Å². The molecule has 0 saturated heterocycles. The molecule has 0 rings (SSSR count). The summed E-state index contributed by atoms with van der Waals surface area (Å²) in [6.07, 6.45) is 3.61. The van der Waals surface area contributed by atoms with Gasteiger partial charge >= 0.3 is 5.54 Å². The lowest BCUT2D eigenvalue weighted by Gasteiger charge is -2.06. The smallest absolute Gasteiger partial charge is 0.171 e. The van der Waals surface area contributed by atoms with Gasteiger partial charge in [0, 0.05) is 0 Å². The summed E-state index contributed by atoms with van der Waals surface area (Å²) in [5.74, 6) is 0.452. The molecule has 0 nitrogen and oxygen atoms in total. The third-order valence-electron chi connectivity index (χ3n) is 1.44. The molecular weight excluding hydrogens is 154 g/mol. The van der Waals surface area contributed by atoms with E-state index >= 15 is 0 Å². The van der Waals surface area contributed by atoms with Crippen molar-refractivity contribution in [1.29, 1.82) is 0 Å². The van der Waals surface area contributed by atoms with Crippen LogP contribution in [0.25, 0.3) is 0 Å². The lowest BCUT2D eigenvalue weighted by molar-refractivity contribution is 0.698. The maximum atomic E-state index is 5.63. The molecule has 0 aromatic heterocycles. The largest absolute Gasteiger partial charge is 0.354 e. The van der Waals surface area contributed by atoms with Gasteiger partial charge in [-0.2, -0.15) is 22.9 Å². The number of hydrogen-bond acceptors (Lipinski definition) is 0. The highest BCUT2D eigenvalue weighted by Gasteiger charge is 2.14. The molecule has 54 valence electrons. The maximum Gasteiger partial charge on any atom is 0.354 e. The van der Waals surface area contributed by atoms with Gasteiger partial charge in [0.25, 0.3) is 0 Å². The van der Waals surface area contributed by atoms with Crippen molar-refractivity contribution in [2.24, 2.45) is 0 Å². The van der Waals surface area contributed by atoms with Gasteiger partial charge in [0.1, 0.15) is 0 Å². The van der Waals surface area contributed by atoms with Crippen molar-refractivity contribution in [3.63, 3.8) is 0 Å². The fourth-order valence-corrected chi connectivity index (χ4v) is 0.904. The van der Waals surface area contributed by atoms with Crippen LogP contribution in [0.4, 0.5) is 0 Å². The molecule has 1 atom stereocenters. The molecule has 0 bridgehead atoms. The molecule has 0 aromatic carbocycles. The Kier molecular flexibility index (Phi) is 5.82. The molecule has 0 saturated carbocycles. The van der Waals surface area contributed by atoms with Gasteiger partial charge in [0.05, 0.1) is 0 Å². The molecule has 0 radical (unpaired) electrons. The fourth-order valence-electron chi connectivity index (χ4n) is 0.652. The van der Waals surface area contributed by atoms with Crippen LogP contribution in [0.2, 0.25) is 5.82 Å². The molecule has 0 fully saturated rings. The first-order chi connectivity index (χ1) is 4.18. The quantitative estimate of drug-likeness (QED) is 0.561. The predicted molar refractivity (Wildman–Crippen MR) is 46.4 cm³/mol. The lowest BCUT2D eigenvalue weighted by Crippen LogP contribution is -2.02. The van der Waals surface area contributed by atoms with E-state index in [2.05, 4.69) is 13.8 Å². The second-order valence-electron chi connectivity index (χ2n) is 2.45. The number of rotatable bonds is 4. The average molecular weight is 167 g/mol. The predicted octanol–water partition coefficient (Wildman–Crippen LogP) is 3.53. The van der Waals surface area contributed by atoms with E-state index in [1.807, 2.05) is 0 Å². The van der Waals surface area contributed by atoms with Gasteiger partial charge in [0.2, 0.25) is 0 Å². The summed E-state index contributed by atoms with van der Waals surface area (Å²) in [6.45, 7) is 4.25. The third-order valence-corrected chi connectivity index (χ3v) is 2.30. The van der Waals surface area contributed by atoms with E-state index in [-0.39, 0.29) is 5.54 Å². The topological polar surface area (TPSA) is 0 Å². The van der Waals surface area contributed by atoms with Crippen LogP contribution in [0.1, 0.15) is 33.1 Å². The van der Waals surface area contributed by atoms with Crippen LogP contribution in [-0.2, 0) is 0 Å². The van der Waals surface area contributed by atoms with E-state index in [0.717, 1.165) is 6.42 Å². The Hall–Kier alpha value is 0.645. The van der Waals surface area contributed by atoms with Crippen LogP contribution in [0.15, 0.2) is 0 Å². The minimum atomic E-state index is -0.184. The summed E-state index contributed by atoms with van der Waals surface area (Å²) in [7, 11) is 0. The Labute approximate surface area is 67.8 Å². The van der Waals surface area contributed by atoms with E-state index in [1.165, 1.54) is 12.8 Å². The van der Waals surface area contributed by atoms with E-state index in [0.29, 0.717) is 5.82 Å². The Morgan fingerprint density at radius 3 is 2.33 bits per heavy atom. The molecule has 0 aliphatic heterocycles. The van der Waals surface area contributed by atoms with Crippen LogP contribution in [0.3, 0.4) is 0 Å². The van der Waals surface area contributed by atoms with Gasteiger partial charge in [-0.25, -0.2) is 0 Å². The highest BCUT2D eigenvalue weighted by molar-refractivity contribution is 7.34. The average Bonchev–Trinajstić information content (AvgIpc) is 1.82. The van der Waals surface area contributed by atoms with Crippen LogP contribution in [-0.4, -0.2) is 5.54 Å². The zero-order chi connectivity index (χ0) is 7.28.